The zero-order chi connectivity index (χ0) is 14.7. The van der Waals surface area contributed by atoms with Gasteiger partial charge in [0.25, 0.3) is 0 Å². The lowest BCUT2D eigenvalue weighted by atomic mass is 10.2. The van der Waals surface area contributed by atoms with Gasteiger partial charge >= 0.3 is 0 Å². The summed E-state index contributed by atoms with van der Waals surface area (Å²) in [6.07, 6.45) is 3.27. The van der Waals surface area contributed by atoms with Crippen LogP contribution >= 0.6 is 23.1 Å². The molecular formula is C11H15N7OS2. The lowest BCUT2D eigenvalue weighted by Gasteiger charge is -2.14. The summed E-state index contributed by atoms with van der Waals surface area (Å²) in [4.78, 5) is 11.8. The predicted octanol–water partition coefficient (Wildman–Crippen LogP) is 0.457. The molecule has 2 aromatic rings. The van der Waals surface area contributed by atoms with Crippen molar-refractivity contribution in [2.75, 3.05) is 11.5 Å². The van der Waals surface area contributed by atoms with Crippen LogP contribution in [0.15, 0.2) is 4.34 Å². The molecule has 0 unspecified atom stereocenters. The van der Waals surface area contributed by atoms with E-state index in [1.165, 1.54) is 23.1 Å². The number of nitrogens with two attached hydrogens (primary N) is 1. The molecule has 0 fully saturated rings. The Balaban J connectivity index is 1.48. The first-order valence-electron chi connectivity index (χ1n) is 6.62. The zero-order valence-corrected chi connectivity index (χ0v) is 12.9. The summed E-state index contributed by atoms with van der Waals surface area (Å²) in [5.74, 6) is 2.06. The monoisotopic (exact) mass is 325 g/mol. The van der Waals surface area contributed by atoms with Crippen molar-refractivity contribution in [3.63, 3.8) is 0 Å². The van der Waals surface area contributed by atoms with Crippen LogP contribution in [0, 0.1) is 0 Å². The Hall–Kier alpha value is -1.68. The van der Waals surface area contributed by atoms with E-state index in [-0.39, 0.29) is 11.7 Å². The molecule has 8 nitrogen and oxygen atoms in total. The van der Waals surface area contributed by atoms with Crippen molar-refractivity contribution in [3.05, 3.63) is 11.6 Å². The van der Waals surface area contributed by atoms with E-state index in [0.29, 0.717) is 16.0 Å². The summed E-state index contributed by atoms with van der Waals surface area (Å²) in [5.41, 5.74) is 5.49. The first-order valence-corrected chi connectivity index (χ1v) is 8.42. The lowest BCUT2D eigenvalue weighted by molar-refractivity contribution is -0.118. The highest BCUT2D eigenvalue weighted by Gasteiger charge is 2.16. The Morgan fingerprint density at radius 1 is 1.33 bits per heavy atom. The molecule has 0 saturated heterocycles. The number of nitrogens with one attached hydrogen (secondary N) is 1. The van der Waals surface area contributed by atoms with E-state index in [1.807, 2.05) is 0 Å². The quantitative estimate of drug-likeness (QED) is 0.768. The maximum atomic E-state index is 11.8. The molecule has 21 heavy (non-hydrogen) atoms. The molecule has 1 amide bonds. The van der Waals surface area contributed by atoms with Crippen LogP contribution in [-0.4, -0.2) is 36.6 Å². The molecule has 3 heterocycles. The standard InChI is InChI=1S/C11H15N7OS2/c12-10-16-17-11(21-10)20-6-9(19)13-5-8-15-14-7-3-1-2-4-18(7)8/h1-6H2,(H2,12,16)(H,13,19). The second kappa shape index (κ2) is 6.39. The molecule has 0 radical (unpaired) electrons. The number of carbonyl (C=O) groups excluding carboxylic acids is 1. The third kappa shape index (κ3) is 3.50. The van der Waals surface area contributed by atoms with Crippen molar-refractivity contribution in [3.8, 4) is 0 Å². The fourth-order valence-electron chi connectivity index (χ4n) is 2.13. The topological polar surface area (TPSA) is 112 Å². The van der Waals surface area contributed by atoms with Gasteiger partial charge in [0.05, 0.1) is 12.3 Å². The third-order valence-corrected chi connectivity index (χ3v) is 5.01. The molecule has 0 atom stereocenters. The number of nitrogens with zero attached hydrogens (tertiary/aromatic N) is 5. The van der Waals surface area contributed by atoms with E-state index < -0.39 is 0 Å². The van der Waals surface area contributed by atoms with E-state index in [0.717, 1.165) is 37.5 Å². The van der Waals surface area contributed by atoms with Gasteiger partial charge in [-0.05, 0) is 12.8 Å². The van der Waals surface area contributed by atoms with Gasteiger partial charge in [0, 0.05) is 13.0 Å². The van der Waals surface area contributed by atoms with Gasteiger partial charge in [0.15, 0.2) is 10.2 Å². The number of thioether (sulfide) groups is 1. The minimum absolute atomic E-state index is 0.0677. The molecule has 0 spiro atoms. The van der Waals surface area contributed by atoms with E-state index in [9.17, 15) is 4.79 Å². The van der Waals surface area contributed by atoms with Crippen LogP contribution < -0.4 is 11.1 Å². The first kappa shape index (κ1) is 14.3. The number of aryl methyl sites for hydroxylation is 1. The van der Waals surface area contributed by atoms with E-state index in [4.69, 9.17) is 5.73 Å². The number of carbonyl (C=O) groups is 1. The molecule has 1 aliphatic rings. The number of hydrogen-bond acceptors (Lipinski definition) is 8. The maximum Gasteiger partial charge on any atom is 0.230 e. The van der Waals surface area contributed by atoms with Gasteiger partial charge < -0.3 is 15.6 Å². The van der Waals surface area contributed by atoms with Crippen LogP contribution in [-0.2, 0) is 24.3 Å². The van der Waals surface area contributed by atoms with Crippen molar-refractivity contribution >= 4 is 34.1 Å². The number of rotatable bonds is 5. The minimum Gasteiger partial charge on any atom is -0.374 e. The molecule has 3 rings (SSSR count). The van der Waals surface area contributed by atoms with Crippen molar-refractivity contribution in [2.45, 2.75) is 36.7 Å². The van der Waals surface area contributed by atoms with Gasteiger partial charge in [-0.1, -0.05) is 23.1 Å². The average Bonchev–Trinajstić information content (AvgIpc) is 3.09. The lowest BCUT2D eigenvalue weighted by Crippen LogP contribution is -2.27. The summed E-state index contributed by atoms with van der Waals surface area (Å²) in [7, 11) is 0. The fraction of sp³-hybridized carbons (Fsp3) is 0.545. The van der Waals surface area contributed by atoms with Crippen molar-refractivity contribution in [1.29, 1.82) is 0 Å². The number of amides is 1. The van der Waals surface area contributed by atoms with Gasteiger partial charge in [0.1, 0.15) is 5.82 Å². The van der Waals surface area contributed by atoms with Crippen LogP contribution in [0.25, 0.3) is 0 Å². The summed E-state index contributed by atoms with van der Waals surface area (Å²) < 4.78 is 2.80. The van der Waals surface area contributed by atoms with Crippen molar-refractivity contribution in [2.24, 2.45) is 0 Å². The van der Waals surface area contributed by atoms with Crippen molar-refractivity contribution in [1.82, 2.24) is 30.3 Å². The molecule has 0 aliphatic carbocycles. The highest BCUT2D eigenvalue weighted by atomic mass is 32.2. The van der Waals surface area contributed by atoms with Crippen LogP contribution in [0.4, 0.5) is 5.13 Å². The Labute approximate surface area is 129 Å². The minimum atomic E-state index is -0.0677. The first-order chi connectivity index (χ1) is 10.2. The van der Waals surface area contributed by atoms with E-state index >= 15 is 0 Å². The maximum absolute atomic E-state index is 11.8. The van der Waals surface area contributed by atoms with Crippen LogP contribution in [0.3, 0.4) is 0 Å². The SMILES string of the molecule is Nc1nnc(SCC(=O)NCc2nnc3n2CCCC3)s1. The largest absolute Gasteiger partial charge is 0.374 e. The number of anilines is 1. The summed E-state index contributed by atoms with van der Waals surface area (Å²) in [6.45, 7) is 1.34. The normalized spacial score (nSPS) is 13.9. The third-order valence-electron chi connectivity index (χ3n) is 3.13. The molecule has 0 aromatic carbocycles. The summed E-state index contributed by atoms with van der Waals surface area (Å²) in [6, 6.07) is 0. The Morgan fingerprint density at radius 2 is 2.24 bits per heavy atom. The number of nitrogen functional groups attached to an aromatic ring is 1. The zero-order valence-electron chi connectivity index (χ0n) is 11.3. The van der Waals surface area contributed by atoms with Crippen molar-refractivity contribution < 1.29 is 4.79 Å². The highest BCUT2D eigenvalue weighted by Crippen LogP contribution is 2.23. The van der Waals surface area contributed by atoms with Gasteiger partial charge in [0.2, 0.25) is 11.0 Å². The molecule has 0 bridgehead atoms. The van der Waals surface area contributed by atoms with Gasteiger partial charge in [-0.2, -0.15) is 0 Å². The van der Waals surface area contributed by atoms with Gasteiger partial charge in [-0.15, -0.1) is 20.4 Å². The fourth-order valence-corrected chi connectivity index (χ4v) is 3.60. The second-order valence-corrected chi connectivity index (χ2v) is 6.84. The number of fused-ring (bicyclic) bond motifs is 1. The molecule has 0 saturated carbocycles. The number of aromatic nitrogens is 5. The van der Waals surface area contributed by atoms with Gasteiger partial charge in [-0.3, -0.25) is 4.79 Å². The van der Waals surface area contributed by atoms with E-state index in [1.54, 1.807) is 0 Å². The smallest absolute Gasteiger partial charge is 0.230 e. The molecule has 1 aliphatic heterocycles. The summed E-state index contributed by atoms with van der Waals surface area (Å²) >= 11 is 2.60. The molecule has 10 heteroatoms. The molecule has 112 valence electrons. The highest BCUT2D eigenvalue weighted by molar-refractivity contribution is 8.01. The molecule has 2 aromatic heterocycles. The molecule has 3 N–H and O–H groups in total. The van der Waals surface area contributed by atoms with Crippen LogP contribution in [0.5, 0.6) is 0 Å². The van der Waals surface area contributed by atoms with E-state index in [2.05, 4.69) is 30.3 Å². The Bertz CT molecular complexity index is 638. The Morgan fingerprint density at radius 3 is 3.05 bits per heavy atom. The summed E-state index contributed by atoms with van der Waals surface area (Å²) in [5, 5.41) is 19.1. The average molecular weight is 325 g/mol. The predicted molar refractivity (Wildman–Crippen MR) is 79.9 cm³/mol. The second-order valence-electron chi connectivity index (χ2n) is 4.61. The van der Waals surface area contributed by atoms with Crippen LogP contribution in [0.2, 0.25) is 0 Å². The van der Waals surface area contributed by atoms with Gasteiger partial charge in [-0.25, -0.2) is 0 Å². The molecular weight excluding hydrogens is 310 g/mol. The number of hydrogen-bond donors (Lipinski definition) is 2. The Kier molecular flexibility index (Phi) is 4.34. The van der Waals surface area contributed by atoms with Crippen LogP contribution in [0.1, 0.15) is 24.5 Å².